The third-order valence-electron chi connectivity index (χ3n) is 3.51. The van der Waals surface area contributed by atoms with E-state index in [1.807, 2.05) is 18.2 Å². The van der Waals surface area contributed by atoms with Gasteiger partial charge in [0.25, 0.3) is 0 Å². The molecule has 112 valence electrons. The van der Waals surface area contributed by atoms with Crippen LogP contribution in [0.1, 0.15) is 24.5 Å². The van der Waals surface area contributed by atoms with Gasteiger partial charge < -0.3 is 10.1 Å². The van der Waals surface area contributed by atoms with Crippen molar-refractivity contribution in [1.82, 2.24) is 5.32 Å². The molecule has 0 amide bonds. The van der Waals surface area contributed by atoms with E-state index in [4.69, 9.17) is 16.3 Å². The molecule has 0 aromatic heterocycles. The maximum atomic E-state index is 6.21. The predicted octanol–water partition coefficient (Wildman–Crippen LogP) is 4.82. The number of aryl methyl sites for hydroxylation is 1. The van der Waals surface area contributed by atoms with Gasteiger partial charge in [-0.2, -0.15) is 0 Å². The Bertz CT molecular complexity index is 610. The van der Waals surface area contributed by atoms with Gasteiger partial charge in [-0.05, 0) is 54.3 Å². The van der Waals surface area contributed by atoms with Crippen molar-refractivity contribution in [2.45, 2.75) is 26.8 Å². The third kappa shape index (κ3) is 3.99. The molecule has 0 fully saturated rings. The molecule has 0 saturated heterocycles. The van der Waals surface area contributed by atoms with Crippen molar-refractivity contribution in [1.29, 1.82) is 0 Å². The molecule has 2 aromatic carbocycles. The first-order valence-electron chi connectivity index (χ1n) is 7.30. The molecule has 2 nitrogen and oxygen atoms in total. The Labute approximate surface area is 132 Å². The lowest BCUT2D eigenvalue weighted by Crippen LogP contribution is -2.13. The SMILES string of the molecule is CCCNCc1ccc(-c2ccc(OC)c(Cl)c2)c(C)c1. The molecule has 0 bridgehead atoms. The van der Waals surface area contributed by atoms with E-state index >= 15 is 0 Å². The van der Waals surface area contributed by atoms with Crippen LogP contribution >= 0.6 is 11.6 Å². The van der Waals surface area contributed by atoms with Crippen molar-refractivity contribution < 1.29 is 4.74 Å². The Balaban J connectivity index is 2.22. The maximum Gasteiger partial charge on any atom is 0.137 e. The van der Waals surface area contributed by atoms with E-state index < -0.39 is 0 Å². The van der Waals surface area contributed by atoms with Crippen LogP contribution in [0.2, 0.25) is 5.02 Å². The highest BCUT2D eigenvalue weighted by Crippen LogP contribution is 2.31. The van der Waals surface area contributed by atoms with Gasteiger partial charge in [0.1, 0.15) is 5.75 Å². The van der Waals surface area contributed by atoms with Gasteiger partial charge in [-0.3, -0.25) is 0 Å². The minimum atomic E-state index is 0.642. The number of nitrogens with one attached hydrogen (secondary N) is 1. The van der Waals surface area contributed by atoms with Crippen molar-refractivity contribution in [2.24, 2.45) is 0 Å². The van der Waals surface area contributed by atoms with Crippen molar-refractivity contribution in [3.63, 3.8) is 0 Å². The Morgan fingerprint density at radius 2 is 1.95 bits per heavy atom. The average molecular weight is 304 g/mol. The Hall–Kier alpha value is -1.51. The summed E-state index contributed by atoms with van der Waals surface area (Å²) in [5.41, 5.74) is 4.89. The molecule has 0 aliphatic heterocycles. The van der Waals surface area contributed by atoms with E-state index in [9.17, 15) is 0 Å². The summed E-state index contributed by atoms with van der Waals surface area (Å²) >= 11 is 6.21. The Kier molecular flexibility index (Phi) is 5.66. The van der Waals surface area contributed by atoms with E-state index in [1.54, 1.807) is 7.11 Å². The molecule has 1 N–H and O–H groups in total. The fourth-order valence-corrected chi connectivity index (χ4v) is 2.66. The van der Waals surface area contributed by atoms with Crippen LogP contribution in [0.5, 0.6) is 5.75 Å². The molecule has 0 radical (unpaired) electrons. The summed E-state index contributed by atoms with van der Waals surface area (Å²) in [6, 6.07) is 12.5. The van der Waals surface area contributed by atoms with Gasteiger partial charge in [0, 0.05) is 6.54 Å². The lowest BCUT2D eigenvalue weighted by molar-refractivity contribution is 0.415. The summed E-state index contributed by atoms with van der Waals surface area (Å²) in [6.07, 6.45) is 1.15. The second-order valence-corrected chi connectivity index (χ2v) is 5.58. The van der Waals surface area contributed by atoms with Gasteiger partial charge in [-0.1, -0.05) is 42.8 Å². The molecule has 2 aromatic rings. The second-order valence-electron chi connectivity index (χ2n) is 5.18. The standard InChI is InChI=1S/C18H22ClNO/c1-4-9-20-12-14-5-7-16(13(2)10-14)15-6-8-18(21-3)17(19)11-15/h5-8,10-11,20H,4,9,12H2,1-3H3. The summed E-state index contributed by atoms with van der Waals surface area (Å²) in [7, 11) is 1.63. The highest BCUT2D eigenvalue weighted by atomic mass is 35.5. The van der Waals surface area contributed by atoms with Gasteiger partial charge in [-0.15, -0.1) is 0 Å². The van der Waals surface area contributed by atoms with Crippen LogP contribution in [-0.4, -0.2) is 13.7 Å². The number of ether oxygens (including phenoxy) is 1. The fourth-order valence-electron chi connectivity index (χ4n) is 2.40. The summed E-state index contributed by atoms with van der Waals surface area (Å²) in [5, 5.41) is 4.07. The van der Waals surface area contributed by atoms with E-state index in [2.05, 4.69) is 37.4 Å². The van der Waals surface area contributed by atoms with Crippen molar-refractivity contribution >= 4 is 11.6 Å². The molecule has 21 heavy (non-hydrogen) atoms. The molecule has 0 heterocycles. The van der Waals surface area contributed by atoms with Crippen LogP contribution in [0.3, 0.4) is 0 Å². The molecule has 0 unspecified atom stereocenters. The van der Waals surface area contributed by atoms with E-state index in [0.717, 1.165) is 25.1 Å². The Morgan fingerprint density at radius 3 is 2.57 bits per heavy atom. The van der Waals surface area contributed by atoms with Gasteiger partial charge in [0.2, 0.25) is 0 Å². The fraction of sp³-hybridized carbons (Fsp3) is 0.333. The minimum absolute atomic E-state index is 0.642. The number of methoxy groups -OCH3 is 1. The molecule has 3 heteroatoms. The zero-order valence-electron chi connectivity index (χ0n) is 12.9. The third-order valence-corrected chi connectivity index (χ3v) is 3.80. The van der Waals surface area contributed by atoms with Gasteiger partial charge in [0.05, 0.1) is 12.1 Å². The lowest BCUT2D eigenvalue weighted by atomic mass is 9.98. The van der Waals surface area contributed by atoms with Crippen LogP contribution in [0.4, 0.5) is 0 Å². The topological polar surface area (TPSA) is 21.3 Å². The Morgan fingerprint density at radius 1 is 1.14 bits per heavy atom. The maximum absolute atomic E-state index is 6.21. The zero-order valence-corrected chi connectivity index (χ0v) is 13.6. The summed E-state index contributed by atoms with van der Waals surface area (Å²) in [5.74, 6) is 0.707. The molecular weight excluding hydrogens is 282 g/mol. The van der Waals surface area contributed by atoms with Crippen LogP contribution in [0.25, 0.3) is 11.1 Å². The van der Waals surface area contributed by atoms with Gasteiger partial charge in [-0.25, -0.2) is 0 Å². The zero-order chi connectivity index (χ0) is 15.2. The first kappa shape index (κ1) is 15.9. The molecule has 0 aliphatic rings. The predicted molar refractivity (Wildman–Crippen MR) is 90.2 cm³/mol. The molecule has 0 spiro atoms. The average Bonchev–Trinajstić information content (AvgIpc) is 2.47. The highest BCUT2D eigenvalue weighted by molar-refractivity contribution is 6.32. The van der Waals surface area contributed by atoms with E-state index in [1.165, 1.54) is 16.7 Å². The summed E-state index contributed by atoms with van der Waals surface area (Å²) in [6.45, 7) is 6.28. The van der Waals surface area contributed by atoms with Crippen molar-refractivity contribution in [3.05, 3.63) is 52.5 Å². The molecule has 2 rings (SSSR count). The normalized spacial score (nSPS) is 10.7. The molecular formula is C18H22ClNO. The molecule has 0 saturated carbocycles. The largest absolute Gasteiger partial charge is 0.495 e. The number of halogens is 1. The van der Waals surface area contributed by atoms with E-state index in [0.29, 0.717) is 10.8 Å². The van der Waals surface area contributed by atoms with Gasteiger partial charge >= 0.3 is 0 Å². The highest BCUT2D eigenvalue weighted by Gasteiger charge is 2.07. The monoisotopic (exact) mass is 303 g/mol. The summed E-state index contributed by atoms with van der Waals surface area (Å²) in [4.78, 5) is 0. The van der Waals surface area contributed by atoms with Crippen molar-refractivity contribution in [3.8, 4) is 16.9 Å². The lowest BCUT2D eigenvalue weighted by Gasteiger charge is -2.11. The van der Waals surface area contributed by atoms with E-state index in [-0.39, 0.29) is 0 Å². The van der Waals surface area contributed by atoms with Crippen LogP contribution in [0.15, 0.2) is 36.4 Å². The smallest absolute Gasteiger partial charge is 0.137 e. The van der Waals surface area contributed by atoms with Crippen LogP contribution in [0, 0.1) is 6.92 Å². The second kappa shape index (κ2) is 7.48. The first-order valence-corrected chi connectivity index (χ1v) is 7.67. The number of hydrogen-bond acceptors (Lipinski definition) is 2. The summed E-state index contributed by atoms with van der Waals surface area (Å²) < 4.78 is 5.20. The number of rotatable bonds is 6. The van der Waals surface area contributed by atoms with Crippen LogP contribution < -0.4 is 10.1 Å². The number of hydrogen-bond donors (Lipinski definition) is 1. The minimum Gasteiger partial charge on any atom is -0.495 e. The first-order chi connectivity index (χ1) is 10.2. The van der Waals surface area contributed by atoms with Gasteiger partial charge in [0.15, 0.2) is 0 Å². The molecule has 0 aliphatic carbocycles. The van der Waals surface area contributed by atoms with Crippen molar-refractivity contribution in [2.75, 3.05) is 13.7 Å². The van der Waals surface area contributed by atoms with Crippen LogP contribution in [-0.2, 0) is 6.54 Å². The quantitative estimate of drug-likeness (QED) is 0.772. The molecule has 0 atom stereocenters. The number of benzene rings is 2.